The highest BCUT2D eigenvalue weighted by atomic mass is 16.4. The number of amidine groups is 1. The maximum absolute atomic E-state index is 13.4. The summed E-state index contributed by atoms with van der Waals surface area (Å²) in [5.41, 5.74) is 6.92. The van der Waals surface area contributed by atoms with Gasteiger partial charge in [-0.3, -0.25) is 25.1 Å². The Kier molecular flexibility index (Phi) is 9.64. The van der Waals surface area contributed by atoms with Crippen LogP contribution in [0.4, 0.5) is 0 Å². The molecule has 0 unspecified atom stereocenters. The van der Waals surface area contributed by atoms with Gasteiger partial charge in [0.05, 0.1) is 19.1 Å². The Balaban J connectivity index is 2.02. The molecular formula is C23H35N5O4. The van der Waals surface area contributed by atoms with Gasteiger partial charge in [0.2, 0.25) is 11.8 Å². The van der Waals surface area contributed by atoms with Gasteiger partial charge in [-0.05, 0) is 38.2 Å². The van der Waals surface area contributed by atoms with Gasteiger partial charge in [-0.2, -0.15) is 0 Å². The molecule has 2 rings (SSSR count). The van der Waals surface area contributed by atoms with Crippen LogP contribution in [0.5, 0.6) is 0 Å². The third-order valence-electron chi connectivity index (χ3n) is 5.84. The number of aliphatic carboxylic acids is 1. The van der Waals surface area contributed by atoms with Crippen molar-refractivity contribution in [2.24, 2.45) is 11.7 Å². The van der Waals surface area contributed by atoms with Gasteiger partial charge in [0.25, 0.3) is 0 Å². The maximum atomic E-state index is 13.4. The minimum absolute atomic E-state index is 0.0179. The fourth-order valence-electron chi connectivity index (χ4n) is 4.03. The number of hydrogen-bond donors (Lipinski definition) is 5. The Labute approximate surface area is 189 Å². The first-order valence-corrected chi connectivity index (χ1v) is 11.1. The lowest BCUT2D eigenvalue weighted by Gasteiger charge is -2.35. The van der Waals surface area contributed by atoms with Crippen molar-refractivity contribution in [3.63, 3.8) is 0 Å². The molecule has 9 nitrogen and oxygen atoms in total. The van der Waals surface area contributed by atoms with E-state index < -0.39 is 12.0 Å². The van der Waals surface area contributed by atoms with Crippen LogP contribution >= 0.6 is 0 Å². The smallest absolute Gasteiger partial charge is 0.317 e. The Bertz CT molecular complexity index is 803. The number of carboxylic acids is 1. The van der Waals surface area contributed by atoms with Gasteiger partial charge in [0.1, 0.15) is 5.84 Å². The number of carboxylic acid groups (broad SMARTS) is 1. The van der Waals surface area contributed by atoms with Crippen molar-refractivity contribution < 1.29 is 19.5 Å². The first-order chi connectivity index (χ1) is 15.2. The molecule has 0 spiro atoms. The van der Waals surface area contributed by atoms with Crippen LogP contribution in [0.1, 0.15) is 57.1 Å². The van der Waals surface area contributed by atoms with Crippen LogP contribution in [-0.4, -0.2) is 58.8 Å². The summed E-state index contributed by atoms with van der Waals surface area (Å²) in [5.74, 6) is -1.48. The number of nitrogen functional groups attached to an aromatic ring is 1. The number of carbonyl (C=O) groups is 3. The molecule has 1 aliphatic carbocycles. The predicted molar refractivity (Wildman–Crippen MR) is 122 cm³/mol. The van der Waals surface area contributed by atoms with E-state index in [0.29, 0.717) is 12.1 Å². The molecule has 1 fully saturated rings. The number of amides is 2. The molecule has 6 N–H and O–H groups in total. The molecule has 32 heavy (non-hydrogen) atoms. The number of nitrogens with two attached hydrogens (primary N) is 1. The van der Waals surface area contributed by atoms with E-state index in [1.165, 1.54) is 4.90 Å². The Hall–Kier alpha value is -2.94. The predicted octanol–water partition coefficient (Wildman–Crippen LogP) is 1.45. The van der Waals surface area contributed by atoms with E-state index in [1.807, 2.05) is 13.8 Å². The summed E-state index contributed by atoms with van der Waals surface area (Å²) in [6, 6.07) is 6.20. The Morgan fingerprint density at radius 2 is 1.78 bits per heavy atom. The summed E-state index contributed by atoms with van der Waals surface area (Å²) < 4.78 is 0. The molecule has 1 saturated carbocycles. The van der Waals surface area contributed by atoms with E-state index in [2.05, 4.69) is 10.6 Å². The van der Waals surface area contributed by atoms with Crippen LogP contribution in [0.2, 0.25) is 0 Å². The largest absolute Gasteiger partial charge is 0.480 e. The van der Waals surface area contributed by atoms with Crippen LogP contribution in [0.3, 0.4) is 0 Å². The van der Waals surface area contributed by atoms with Crippen molar-refractivity contribution in [3.05, 3.63) is 35.4 Å². The van der Waals surface area contributed by atoms with Gasteiger partial charge in [-0.1, -0.05) is 43.5 Å². The van der Waals surface area contributed by atoms with Crippen LogP contribution < -0.4 is 16.4 Å². The SMILES string of the molecule is CC(C)N(CC(=O)NCc1ccc(C(=N)N)cc1)C(=O)[C@H](NCC(=O)O)C1CCCCC1. The fourth-order valence-corrected chi connectivity index (χ4v) is 4.03. The third-order valence-corrected chi connectivity index (χ3v) is 5.84. The van der Waals surface area contributed by atoms with E-state index in [9.17, 15) is 14.4 Å². The fraction of sp³-hybridized carbons (Fsp3) is 0.565. The van der Waals surface area contributed by atoms with Gasteiger partial charge < -0.3 is 21.1 Å². The van der Waals surface area contributed by atoms with Crippen LogP contribution in [0, 0.1) is 11.3 Å². The van der Waals surface area contributed by atoms with Crippen molar-refractivity contribution in [1.29, 1.82) is 5.41 Å². The molecule has 176 valence electrons. The molecule has 0 heterocycles. The van der Waals surface area contributed by atoms with Gasteiger partial charge >= 0.3 is 5.97 Å². The zero-order valence-electron chi connectivity index (χ0n) is 18.9. The number of nitrogens with one attached hydrogen (secondary N) is 3. The van der Waals surface area contributed by atoms with Crippen molar-refractivity contribution >= 4 is 23.6 Å². The first kappa shape index (κ1) is 25.3. The highest BCUT2D eigenvalue weighted by Gasteiger charge is 2.34. The summed E-state index contributed by atoms with van der Waals surface area (Å²) in [6.45, 7) is 3.60. The molecule has 1 aromatic carbocycles. The van der Waals surface area contributed by atoms with E-state index in [0.717, 1.165) is 37.7 Å². The summed E-state index contributed by atoms with van der Waals surface area (Å²) in [5, 5.41) is 22.3. The minimum Gasteiger partial charge on any atom is -0.480 e. The minimum atomic E-state index is -1.01. The number of rotatable bonds is 11. The molecule has 0 aromatic heterocycles. The molecular weight excluding hydrogens is 410 g/mol. The number of hydrogen-bond acceptors (Lipinski definition) is 5. The first-order valence-electron chi connectivity index (χ1n) is 11.1. The van der Waals surface area contributed by atoms with Crippen molar-refractivity contribution in [2.75, 3.05) is 13.1 Å². The molecule has 0 bridgehead atoms. The molecule has 1 aromatic rings. The van der Waals surface area contributed by atoms with Crippen LogP contribution in [-0.2, 0) is 20.9 Å². The summed E-state index contributed by atoms with van der Waals surface area (Å²) in [6.07, 6.45) is 4.91. The third kappa shape index (κ3) is 7.64. The van der Waals surface area contributed by atoms with Crippen LogP contribution in [0.25, 0.3) is 0 Å². The van der Waals surface area contributed by atoms with E-state index in [1.54, 1.807) is 24.3 Å². The lowest BCUT2D eigenvalue weighted by Crippen LogP contribution is -2.55. The lowest BCUT2D eigenvalue weighted by atomic mass is 9.83. The summed E-state index contributed by atoms with van der Waals surface area (Å²) in [4.78, 5) is 38.6. The molecule has 0 radical (unpaired) electrons. The standard InChI is InChI=1S/C23H35N5O4/c1-15(2)28(14-19(29)26-12-16-8-10-18(11-9-16)22(24)25)23(32)21(27-13-20(30)31)17-6-4-3-5-7-17/h8-11,15,17,21,27H,3-7,12-14H2,1-2H3,(H3,24,25)(H,26,29)(H,30,31)/t21-/m1/s1. The van der Waals surface area contributed by atoms with E-state index >= 15 is 0 Å². The van der Waals surface area contributed by atoms with Gasteiger partial charge in [0.15, 0.2) is 0 Å². The summed E-state index contributed by atoms with van der Waals surface area (Å²) >= 11 is 0. The van der Waals surface area contributed by atoms with Gasteiger partial charge in [0, 0.05) is 18.2 Å². The van der Waals surface area contributed by atoms with E-state index in [4.69, 9.17) is 16.2 Å². The Morgan fingerprint density at radius 3 is 2.31 bits per heavy atom. The topological polar surface area (TPSA) is 149 Å². The molecule has 0 saturated heterocycles. The average molecular weight is 446 g/mol. The summed E-state index contributed by atoms with van der Waals surface area (Å²) in [7, 11) is 0. The second-order valence-corrected chi connectivity index (χ2v) is 8.60. The highest BCUT2D eigenvalue weighted by molar-refractivity contribution is 5.94. The maximum Gasteiger partial charge on any atom is 0.317 e. The molecule has 2 amide bonds. The molecule has 9 heteroatoms. The Morgan fingerprint density at radius 1 is 1.16 bits per heavy atom. The number of benzene rings is 1. The zero-order chi connectivity index (χ0) is 23.7. The zero-order valence-corrected chi connectivity index (χ0v) is 18.9. The second kappa shape index (κ2) is 12.2. The number of nitrogens with zero attached hydrogens (tertiary/aromatic N) is 1. The van der Waals surface area contributed by atoms with Crippen LogP contribution in [0.15, 0.2) is 24.3 Å². The average Bonchev–Trinajstić information content (AvgIpc) is 2.76. The van der Waals surface area contributed by atoms with E-state index in [-0.39, 0.29) is 42.7 Å². The van der Waals surface area contributed by atoms with Crippen molar-refractivity contribution in [3.8, 4) is 0 Å². The lowest BCUT2D eigenvalue weighted by molar-refractivity contribution is -0.142. The quantitative estimate of drug-likeness (QED) is 0.257. The normalized spacial score (nSPS) is 15.2. The highest BCUT2D eigenvalue weighted by Crippen LogP contribution is 2.27. The van der Waals surface area contributed by atoms with Gasteiger partial charge in [-0.25, -0.2) is 0 Å². The van der Waals surface area contributed by atoms with Gasteiger partial charge in [-0.15, -0.1) is 0 Å². The number of carbonyl (C=O) groups excluding carboxylic acids is 2. The molecule has 1 atom stereocenters. The van der Waals surface area contributed by atoms with Crippen molar-refractivity contribution in [2.45, 2.75) is 64.6 Å². The second-order valence-electron chi connectivity index (χ2n) is 8.60. The van der Waals surface area contributed by atoms with Crippen molar-refractivity contribution in [1.82, 2.24) is 15.5 Å². The monoisotopic (exact) mass is 445 g/mol. The molecule has 1 aliphatic rings. The molecule has 0 aliphatic heterocycles.